The number of methoxy groups -OCH3 is 1. The van der Waals surface area contributed by atoms with Crippen molar-refractivity contribution in [2.24, 2.45) is 4.99 Å². The molecule has 0 atom stereocenters. The monoisotopic (exact) mass is 424 g/mol. The summed E-state index contributed by atoms with van der Waals surface area (Å²) in [7, 11) is 1.72. The smallest absolute Gasteiger partial charge is 0.385 e. The largest absolute Gasteiger partial charge is 0.416 e. The van der Waals surface area contributed by atoms with Crippen LogP contribution in [0.4, 0.5) is 13.2 Å². The van der Waals surface area contributed by atoms with Gasteiger partial charge < -0.3 is 20.3 Å². The molecule has 0 radical (unpaired) electrons. The second-order valence-electron chi connectivity index (χ2n) is 7.18. The third-order valence-corrected chi connectivity index (χ3v) is 4.83. The van der Waals surface area contributed by atoms with E-state index in [1.54, 1.807) is 13.2 Å². The van der Waals surface area contributed by atoms with Gasteiger partial charge in [-0.1, -0.05) is 17.9 Å². The molecule has 0 amide bonds. The number of guanidine groups is 1. The SMILES string of the molecule is CCNC(=NCC#Cc1cccc(C(F)(F)F)c1)NC1CCN(CCCOC)CC1. The predicted molar refractivity (Wildman–Crippen MR) is 113 cm³/mol. The highest BCUT2D eigenvalue weighted by atomic mass is 19.4. The fourth-order valence-electron chi connectivity index (χ4n) is 3.28. The highest BCUT2D eigenvalue weighted by Crippen LogP contribution is 2.29. The number of halogens is 3. The van der Waals surface area contributed by atoms with Crippen molar-refractivity contribution in [1.82, 2.24) is 15.5 Å². The van der Waals surface area contributed by atoms with Gasteiger partial charge >= 0.3 is 6.18 Å². The van der Waals surface area contributed by atoms with E-state index in [0.717, 1.165) is 64.2 Å². The highest BCUT2D eigenvalue weighted by Gasteiger charge is 2.30. The van der Waals surface area contributed by atoms with Crippen molar-refractivity contribution < 1.29 is 17.9 Å². The van der Waals surface area contributed by atoms with Gasteiger partial charge in [0.2, 0.25) is 0 Å². The average molecular weight is 425 g/mol. The molecule has 1 aromatic rings. The van der Waals surface area contributed by atoms with Crippen LogP contribution in [0.5, 0.6) is 0 Å². The molecule has 0 aromatic heterocycles. The zero-order valence-electron chi connectivity index (χ0n) is 17.7. The minimum atomic E-state index is -4.36. The third kappa shape index (κ3) is 8.64. The molecule has 1 aliphatic rings. The normalized spacial score (nSPS) is 16.1. The first-order chi connectivity index (χ1) is 14.4. The van der Waals surface area contributed by atoms with E-state index in [4.69, 9.17) is 4.74 Å². The molecule has 8 heteroatoms. The zero-order valence-corrected chi connectivity index (χ0v) is 17.7. The van der Waals surface area contributed by atoms with Crippen LogP contribution < -0.4 is 10.6 Å². The van der Waals surface area contributed by atoms with Gasteiger partial charge in [-0.25, -0.2) is 4.99 Å². The standard InChI is InChI=1S/C22H31F3N4O/c1-3-26-21(28-20-10-14-29(15-11-20)13-6-16-30-2)27-12-5-8-18-7-4-9-19(17-18)22(23,24)25/h4,7,9,17,20H,3,6,10-16H2,1-2H3,(H2,26,27,28). The van der Waals surface area contributed by atoms with E-state index in [9.17, 15) is 13.2 Å². The lowest BCUT2D eigenvalue weighted by atomic mass is 10.1. The molecule has 0 saturated carbocycles. The maximum Gasteiger partial charge on any atom is 0.416 e. The van der Waals surface area contributed by atoms with E-state index in [2.05, 4.69) is 32.4 Å². The molecule has 5 nitrogen and oxygen atoms in total. The Morgan fingerprint density at radius 1 is 1.30 bits per heavy atom. The summed E-state index contributed by atoms with van der Waals surface area (Å²) >= 11 is 0. The number of aliphatic imine (C=N–C) groups is 1. The van der Waals surface area contributed by atoms with E-state index in [1.807, 2.05) is 6.92 Å². The number of hydrogen-bond acceptors (Lipinski definition) is 3. The number of alkyl halides is 3. The van der Waals surface area contributed by atoms with Gasteiger partial charge in [-0.15, -0.1) is 0 Å². The van der Waals surface area contributed by atoms with E-state index < -0.39 is 11.7 Å². The molecule has 1 aliphatic heterocycles. The molecule has 2 N–H and O–H groups in total. The average Bonchev–Trinajstić information content (AvgIpc) is 2.72. The third-order valence-electron chi connectivity index (χ3n) is 4.83. The molecule has 0 unspecified atom stereocenters. The van der Waals surface area contributed by atoms with Gasteiger partial charge in [0.15, 0.2) is 5.96 Å². The summed E-state index contributed by atoms with van der Waals surface area (Å²) in [5.74, 6) is 6.28. The maximum atomic E-state index is 12.8. The van der Waals surface area contributed by atoms with Gasteiger partial charge in [0.1, 0.15) is 6.54 Å². The predicted octanol–water partition coefficient (Wildman–Crippen LogP) is 3.11. The molecule has 1 saturated heterocycles. The van der Waals surface area contributed by atoms with Crippen LogP contribution in [0.25, 0.3) is 0 Å². The molecule has 1 aromatic carbocycles. The number of rotatable bonds is 7. The van der Waals surface area contributed by atoms with Crippen LogP contribution >= 0.6 is 0 Å². The molecule has 1 fully saturated rings. The summed E-state index contributed by atoms with van der Waals surface area (Å²) < 4.78 is 43.4. The number of likely N-dealkylation sites (tertiary alicyclic amines) is 1. The summed E-state index contributed by atoms with van der Waals surface area (Å²) in [6.07, 6.45) is -1.25. The first-order valence-corrected chi connectivity index (χ1v) is 10.3. The van der Waals surface area contributed by atoms with Crippen molar-refractivity contribution in [3.63, 3.8) is 0 Å². The number of ether oxygens (including phenoxy) is 1. The van der Waals surface area contributed by atoms with Crippen molar-refractivity contribution >= 4 is 5.96 Å². The van der Waals surface area contributed by atoms with Crippen molar-refractivity contribution in [1.29, 1.82) is 0 Å². The summed E-state index contributed by atoms with van der Waals surface area (Å²) in [6.45, 7) is 6.84. The van der Waals surface area contributed by atoms with Crippen LogP contribution in [0.15, 0.2) is 29.3 Å². The van der Waals surface area contributed by atoms with Gasteiger partial charge in [0.05, 0.1) is 5.56 Å². The molecule has 0 spiro atoms. The van der Waals surface area contributed by atoms with E-state index in [0.29, 0.717) is 17.6 Å². The summed E-state index contributed by atoms with van der Waals surface area (Å²) in [5.41, 5.74) is -0.361. The Morgan fingerprint density at radius 2 is 2.07 bits per heavy atom. The van der Waals surface area contributed by atoms with Gasteiger partial charge in [-0.3, -0.25) is 0 Å². The molecule has 1 heterocycles. The van der Waals surface area contributed by atoms with Crippen molar-refractivity contribution in [3.05, 3.63) is 35.4 Å². The fraction of sp³-hybridized carbons (Fsp3) is 0.591. The molecule has 166 valence electrons. The molecule has 30 heavy (non-hydrogen) atoms. The topological polar surface area (TPSA) is 48.9 Å². The van der Waals surface area contributed by atoms with Crippen LogP contribution in [0.2, 0.25) is 0 Å². The number of piperidine rings is 1. The highest BCUT2D eigenvalue weighted by molar-refractivity contribution is 5.80. The van der Waals surface area contributed by atoms with E-state index in [1.165, 1.54) is 6.07 Å². The first kappa shape index (κ1) is 24.0. The number of hydrogen-bond donors (Lipinski definition) is 2. The number of benzene rings is 1. The van der Waals surface area contributed by atoms with Crippen molar-refractivity contribution in [3.8, 4) is 11.8 Å². The van der Waals surface area contributed by atoms with Crippen LogP contribution in [0, 0.1) is 11.8 Å². The Morgan fingerprint density at radius 3 is 2.73 bits per heavy atom. The van der Waals surface area contributed by atoms with Crippen LogP contribution in [-0.2, 0) is 10.9 Å². The quantitative estimate of drug-likeness (QED) is 0.306. The van der Waals surface area contributed by atoms with E-state index in [-0.39, 0.29) is 6.54 Å². The van der Waals surface area contributed by atoms with Crippen LogP contribution in [0.3, 0.4) is 0 Å². The van der Waals surface area contributed by atoms with E-state index >= 15 is 0 Å². The Kier molecular flexibility index (Phi) is 9.98. The molecule has 0 aliphatic carbocycles. The Balaban J connectivity index is 1.85. The minimum absolute atomic E-state index is 0.210. The summed E-state index contributed by atoms with van der Waals surface area (Å²) in [6, 6.07) is 5.37. The molecule has 0 bridgehead atoms. The van der Waals surface area contributed by atoms with Crippen molar-refractivity contribution in [2.75, 3.05) is 46.4 Å². The number of nitrogens with one attached hydrogen (secondary N) is 2. The maximum absolute atomic E-state index is 12.8. The Labute approximate surface area is 177 Å². The van der Waals surface area contributed by atoms with Gasteiger partial charge in [0, 0.05) is 51.5 Å². The lowest BCUT2D eigenvalue weighted by Crippen LogP contribution is -2.48. The minimum Gasteiger partial charge on any atom is -0.385 e. The Bertz CT molecular complexity index is 732. The second-order valence-corrected chi connectivity index (χ2v) is 7.18. The fourth-order valence-corrected chi connectivity index (χ4v) is 3.28. The second kappa shape index (κ2) is 12.5. The Hall–Kier alpha value is -2.24. The number of nitrogens with zero attached hydrogens (tertiary/aromatic N) is 2. The van der Waals surface area contributed by atoms with Gasteiger partial charge in [0.25, 0.3) is 0 Å². The summed E-state index contributed by atoms with van der Waals surface area (Å²) in [4.78, 5) is 6.89. The van der Waals surface area contributed by atoms with Gasteiger partial charge in [-0.2, -0.15) is 13.2 Å². The van der Waals surface area contributed by atoms with Crippen molar-refractivity contribution in [2.45, 2.75) is 38.4 Å². The van der Waals surface area contributed by atoms with Crippen LogP contribution in [0.1, 0.15) is 37.3 Å². The lowest BCUT2D eigenvalue weighted by Gasteiger charge is -2.33. The van der Waals surface area contributed by atoms with Crippen LogP contribution in [-0.4, -0.2) is 63.3 Å². The molecular weight excluding hydrogens is 393 g/mol. The van der Waals surface area contributed by atoms with Gasteiger partial charge in [-0.05, 0) is 44.4 Å². The summed E-state index contributed by atoms with van der Waals surface area (Å²) in [5, 5.41) is 6.65. The first-order valence-electron chi connectivity index (χ1n) is 10.3. The molecule has 2 rings (SSSR count). The zero-order chi connectivity index (χ0) is 21.8. The molecular formula is C22H31F3N4O. The lowest BCUT2D eigenvalue weighted by molar-refractivity contribution is -0.137.